The Morgan fingerprint density at radius 3 is 2.67 bits per heavy atom. The number of carbonyl (C=O) groups excluding carboxylic acids is 2. The fourth-order valence-corrected chi connectivity index (χ4v) is 7.94. The van der Waals surface area contributed by atoms with Crippen molar-refractivity contribution >= 4 is 34.1 Å². The first kappa shape index (κ1) is 31.5. The Morgan fingerprint density at radius 2 is 1.93 bits per heavy atom. The molecule has 1 aromatic carbocycles. The van der Waals surface area contributed by atoms with Gasteiger partial charge in [0.2, 0.25) is 11.8 Å². The van der Waals surface area contributed by atoms with E-state index < -0.39 is 11.8 Å². The van der Waals surface area contributed by atoms with Crippen molar-refractivity contribution in [1.82, 2.24) is 20.2 Å². The van der Waals surface area contributed by atoms with Gasteiger partial charge in [-0.05, 0) is 69.9 Å². The third-order valence-corrected chi connectivity index (χ3v) is 10.8. The van der Waals surface area contributed by atoms with E-state index in [0.717, 1.165) is 70.7 Å². The summed E-state index contributed by atoms with van der Waals surface area (Å²) in [6.45, 7) is 9.18. The molecule has 2 fully saturated rings. The van der Waals surface area contributed by atoms with Gasteiger partial charge in [-0.15, -0.1) is 11.3 Å². The highest BCUT2D eigenvalue weighted by atomic mass is 32.1. The Bertz CT molecular complexity index is 1620. The lowest BCUT2D eigenvalue weighted by molar-refractivity contribution is -0.140. The molecule has 3 aliphatic rings. The zero-order chi connectivity index (χ0) is 31.9. The Balaban J connectivity index is 1.35. The van der Waals surface area contributed by atoms with Crippen molar-refractivity contribution < 1.29 is 19.1 Å². The summed E-state index contributed by atoms with van der Waals surface area (Å²) in [6, 6.07) is 5.94. The van der Waals surface area contributed by atoms with Gasteiger partial charge < -0.3 is 19.7 Å². The molecule has 3 heterocycles. The highest BCUT2D eigenvalue weighted by molar-refractivity contribution is 7.13. The molecule has 240 valence electrons. The standard InChI is InChI=1S/C36H46N4O4S/c1-7-24-30(43-6)14-13-25-31(18-28(37-32(24)25)34-38-29(20-45-34)21(2)3)44-23-16-26-27(17-23)35(42)40(5)15-11-9-8-10-12-22-19-36(22,4)39-33(26)41/h10,12-14,18,20-23,26-27H,7-9,11,15-17,19H2,1-6H3,(H,39,41)/b12-10-/t22-,23-,26-,27?,36-/m1/s1. The molecule has 0 saturated heterocycles. The van der Waals surface area contributed by atoms with Crippen LogP contribution in [0.15, 0.2) is 35.7 Å². The summed E-state index contributed by atoms with van der Waals surface area (Å²) in [6.07, 6.45) is 9.85. The van der Waals surface area contributed by atoms with Crippen molar-refractivity contribution in [3.8, 4) is 22.2 Å². The number of aromatic nitrogens is 2. The van der Waals surface area contributed by atoms with Gasteiger partial charge >= 0.3 is 0 Å². The van der Waals surface area contributed by atoms with Crippen LogP contribution in [0.1, 0.15) is 83.4 Å². The maximum Gasteiger partial charge on any atom is 0.226 e. The van der Waals surface area contributed by atoms with Gasteiger partial charge in [0.1, 0.15) is 28.3 Å². The van der Waals surface area contributed by atoms with Gasteiger partial charge in [0.15, 0.2) is 0 Å². The highest BCUT2D eigenvalue weighted by Crippen LogP contribution is 2.46. The fraction of sp³-hybridized carbons (Fsp3) is 0.556. The molecule has 1 aliphatic heterocycles. The zero-order valence-electron chi connectivity index (χ0n) is 27.4. The van der Waals surface area contributed by atoms with Crippen LogP contribution in [0.25, 0.3) is 21.6 Å². The topological polar surface area (TPSA) is 93.7 Å². The lowest BCUT2D eigenvalue weighted by Crippen LogP contribution is -2.44. The van der Waals surface area contributed by atoms with Crippen LogP contribution in [-0.2, 0) is 16.0 Å². The number of hydrogen-bond donors (Lipinski definition) is 1. The second kappa shape index (κ2) is 12.7. The van der Waals surface area contributed by atoms with Crippen molar-refractivity contribution in [2.75, 3.05) is 20.7 Å². The molecule has 8 nitrogen and oxygen atoms in total. The molecule has 1 unspecified atom stereocenters. The number of thiazole rings is 1. The monoisotopic (exact) mass is 630 g/mol. The van der Waals surface area contributed by atoms with E-state index in [4.69, 9.17) is 19.4 Å². The number of hydrogen-bond acceptors (Lipinski definition) is 7. The van der Waals surface area contributed by atoms with Gasteiger partial charge in [-0.25, -0.2) is 9.97 Å². The van der Waals surface area contributed by atoms with Crippen molar-refractivity contribution in [2.45, 2.75) is 90.2 Å². The van der Waals surface area contributed by atoms with Crippen LogP contribution in [0.5, 0.6) is 11.5 Å². The van der Waals surface area contributed by atoms with Crippen molar-refractivity contribution in [1.29, 1.82) is 0 Å². The number of pyridine rings is 1. The molecule has 45 heavy (non-hydrogen) atoms. The van der Waals surface area contributed by atoms with Crippen LogP contribution in [0.2, 0.25) is 0 Å². The molecule has 3 aromatic rings. The number of amides is 2. The van der Waals surface area contributed by atoms with Crippen molar-refractivity contribution in [2.24, 2.45) is 17.8 Å². The predicted octanol–water partition coefficient (Wildman–Crippen LogP) is 6.92. The van der Waals surface area contributed by atoms with Gasteiger partial charge in [0.05, 0.1) is 30.2 Å². The Hall–Kier alpha value is -3.46. The quantitative estimate of drug-likeness (QED) is 0.297. The highest BCUT2D eigenvalue weighted by Gasteiger charge is 2.52. The molecule has 2 aliphatic carbocycles. The van der Waals surface area contributed by atoms with Crippen LogP contribution in [0.3, 0.4) is 0 Å². The van der Waals surface area contributed by atoms with Gasteiger partial charge in [-0.1, -0.05) is 32.9 Å². The van der Waals surface area contributed by atoms with Gasteiger partial charge in [0, 0.05) is 47.4 Å². The largest absolute Gasteiger partial charge is 0.496 e. The smallest absolute Gasteiger partial charge is 0.226 e. The molecule has 6 rings (SSSR count). The fourth-order valence-electron chi connectivity index (χ4n) is 7.00. The molecular formula is C36H46N4O4S. The average molecular weight is 631 g/mol. The van der Waals surface area contributed by atoms with E-state index in [9.17, 15) is 9.59 Å². The molecule has 5 atom stereocenters. The minimum atomic E-state index is -0.443. The van der Waals surface area contributed by atoms with E-state index in [1.54, 1.807) is 18.4 Å². The number of rotatable bonds is 6. The van der Waals surface area contributed by atoms with Gasteiger partial charge in [-0.3, -0.25) is 9.59 Å². The molecular weight excluding hydrogens is 584 g/mol. The molecule has 1 N–H and O–H groups in total. The summed E-state index contributed by atoms with van der Waals surface area (Å²) in [7, 11) is 3.55. The summed E-state index contributed by atoms with van der Waals surface area (Å²) in [5.74, 6) is 1.28. The lowest BCUT2D eigenvalue weighted by Gasteiger charge is -2.26. The number of carbonyl (C=O) groups is 2. The maximum atomic E-state index is 13.8. The van der Waals surface area contributed by atoms with E-state index >= 15 is 0 Å². The van der Waals surface area contributed by atoms with Crippen molar-refractivity contribution in [3.05, 3.63) is 47.0 Å². The average Bonchev–Trinajstić information content (AvgIpc) is 3.37. The van der Waals surface area contributed by atoms with Crippen LogP contribution < -0.4 is 14.8 Å². The number of ether oxygens (including phenoxy) is 2. The van der Waals surface area contributed by atoms with E-state index in [2.05, 4.69) is 50.5 Å². The van der Waals surface area contributed by atoms with Crippen molar-refractivity contribution in [3.63, 3.8) is 0 Å². The van der Waals surface area contributed by atoms with Crippen LogP contribution >= 0.6 is 11.3 Å². The molecule has 2 amide bonds. The molecule has 2 saturated carbocycles. The molecule has 0 radical (unpaired) electrons. The summed E-state index contributed by atoms with van der Waals surface area (Å²) in [5, 5.41) is 7.15. The minimum absolute atomic E-state index is 0.0358. The SMILES string of the molecule is CCc1c(OC)ccc2c(O[C@H]3CC4C(=O)N(C)CCCC/C=C\[C@@H]5C[C@@]5(C)NC(=O)[C@@H]4C3)cc(-c3nc(C(C)C)cs3)nc12. The number of nitrogens with one attached hydrogen (secondary N) is 1. The summed E-state index contributed by atoms with van der Waals surface area (Å²) >= 11 is 1.58. The first-order valence-corrected chi connectivity index (χ1v) is 17.4. The first-order valence-electron chi connectivity index (χ1n) is 16.5. The van der Waals surface area contributed by atoms with Crippen LogP contribution in [0, 0.1) is 17.8 Å². The summed E-state index contributed by atoms with van der Waals surface area (Å²) < 4.78 is 12.5. The molecule has 0 bridgehead atoms. The number of benzene rings is 1. The Labute approximate surface area is 270 Å². The number of methoxy groups -OCH3 is 1. The number of nitrogens with zero attached hydrogens (tertiary/aromatic N) is 3. The molecule has 0 spiro atoms. The number of fused-ring (bicyclic) bond motifs is 3. The first-order chi connectivity index (χ1) is 21.6. The maximum absolute atomic E-state index is 13.8. The molecule has 2 aromatic heterocycles. The van der Waals surface area contributed by atoms with Gasteiger partial charge in [0.25, 0.3) is 0 Å². The number of aryl methyl sites for hydroxylation is 1. The third-order valence-electron chi connectivity index (χ3n) is 9.95. The second-order valence-electron chi connectivity index (χ2n) is 13.6. The summed E-state index contributed by atoms with van der Waals surface area (Å²) in [5.41, 5.74) is 3.39. The van der Waals surface area contributed by atoms with Gasteiger partial charge in [-0.2, -0.15) is 0 Å². The number of allylic oxidation sites excluding steroid dienone is 1. The lowest BCUT2D eigenvalue weighted by atomic mass is 9.93. The Kier molecular flexibility index (Phi) is 8.92. The third kappa shape index (κ3) is 6.33. The second-order valence-corrected chi connectivity index (χ2v) is 14.4. The van der Waals surface area contributed by atoms with Crippen LogP contribution in [0.4, 0.5) is 0 Å². The van der Waals surface area contributed by atoms with E-state index in [1.807, 2.05) is 30.1 Å². The Morgan fingerprint density at radius 1 is 1.13 bits per heavy atom. The minimum Gasteiger partial charge on any atom is -0.496 e. The van der Waals surface area contributed by atoms with E-state index in [1.165, 1.54) is 0 Å². The summed E-state index contributed by atoms with van der Waals surface area (Å²) in [4.78, 5) is 39.5. The zero-order valence-corrected chi connectivity index (χ0v) is 28.2. The van der Waals surface area contributed by atoms with Crippen LogP contribution in [-0.4, -0.2) is 59.0 Å². The molecule has 9 heteroatoms. The van der Waals surface area contributed by atoms with E-state index in [0.29, 0.717) is 37.0 Å². The normalized spacial score (nSPS) is 27.9. The predicted molar refractivity (Wildman–Crippen MR) is 179 cm³/mol. The van der Waals surface area contributed by atoms with E-state index in [-0.39, 0.29) is 23.5 Å².